The second-order valence-electron chi connectivity index (χ2n) is 6.51. The number of likely N-dealkylation sites (N-methyl/N-ethyl adjacent to an activating group) is 1. The molecule has 1 aliphatic rings. The number of rotatable bonds is 5. The molecular formula is C17H28N6O2. The Kier molecular flexibility index (Phi) is 6.55. The van der Waals surface area contributed by atoms with Crippen molar-refractivity contribution in [2.24, 2.45) is 0 Å². The maximum Gasteiger partial charge on any atom is 0.315 e. The van der Waals surface area contributed by atoms with Crippen molar-refractivity contribution in [1.82, 2.24) is 25.7 Å². The molecule has 138 valence electrons. The fourth-order valence-electron chi connectivity index (χ4n) is 2.84. The van der Waals surface area contributed by atoms with Crippen molar-refractivity contribution in [1.29, 1.82) is 0 Å². The molecule has 1 fully saturated rings. The van der Waals surface area contributed by atoms with Gasteiger partial charge < -0.3 is 20.4 Å². The van der Waals surface area contributed by atoms with E-state index in [9.17, 15) is 9.59 Å². The summed E-state index contributed by atoms with van der Waals surface area (Å²) >= 11 is 0. The Labute approximate surface area is 149 Å². The van der Waals surface area contributed by atoms with Gasteiger partial charge in [0.2, 0.25) is 5.91 Å². The van der Waals surface area contributed by atoms with Gasteiger partial charge in [-0.25, -0.2) is 4.79 Å². The topological polar surface area (TPSA) is 90.5 Å². The van der Waals surface area contributed by atoms with E-state index in [1.807, 2.05) is 26.0 Å². The molecule has 1 aromatic rings. The molecule has 0 spiro atoms. The summed E-state index contributed by atoms with van der Waals surface area (Å²) in [5.41, 5.74) is 0.880. The maximum atomic E-state index is 12.2. The van der Waals surface area contributed by atoms with Crippen LogP contribution in [0.25, 0.3) is 0 Å². The highest BCUT2D eigenvalue weighted by Crippen LogP contribution is 2.17. The van der Waals surface area contributed by atoms with E-state index in [0.717, 1.165) is 30.9 Å². The molecule has 25 heavy (non-hydrogen) atoms. The van der Waals surface area contributed by atoms with Gasteiger partial charge in [0.15, 0.2) is 5.82 Å². The van der Waals surface area contributed by atoms with E-state index >= 15 is 0 Å². The van der Waals surface area contributed by atoms with Crippen LogP contribution in [0.15, 0.2) is 12.1 Å². The van der Waals surface area contributed by atoms with Crippen LogP contribution in [0.4, 0.5) is 10.6 Å². The lowest BCUT2D eigenvalue weighted by molar-refractivity contribution is -0.131. The predicted molar refractivity (Wildman–Crippen MR) is 96.4 cm³/mol. The molecule has 2 atom stereocenters. The van der Waals surface area contributed by atoms with Crippen molar-refractivity contribution >= 4 is 17.8 Å². The predicted octanol–water partition coefficient (Wildman–Crippen LogP) is 0.920. The summed E-state index contributed by atoms with van der Waals surface area (Å²) in [5.74, 6) is 0.725. The van der Waals surface area contributed by atoms with Crippen molar-refractivity contribution in [2.75, 3.05) is 31.6 Å². The number of carbonyl (C=O) groups excluding carboxylic acids is 2. The smallest absolute Gasteiger partial charge is 0.315 e. The number of nitrogens with zero attached hydrogens (tertiary/aromatic N) is 4. The van der Waals surface area contributed by atoms with Gasteiger partial charge in [-0.05, 0) is 45.7 Å². The number of anilines is 1. The van der Waals surface area contributed by atoms with Crippen LogP contribution in [0.5, 0.6) is 0 Å². The van der Waals surface area contributed by atoms with Crippen molar-refractivity contribution in [2.45, 2.75) is 45.7 Å². The molecule has 8 heteroatoms. The second-order valence-corrected chi connectivity index (χ2v) is 6.51. The van der Waals surface area contributed by atoms with Gasteiger partial charge in [-0.1, -0.05) is 0 Å². The van der Waals surface area contributed by atoms with E-state index < -0.39 is 6.04 Å². The number of urea groups is 1. The summed E-state index contributed by atoms with van der Waals surface area (Å²) in [6.07, 6.45) is 1.87. The molecule has 2 heterocycles. The standard InChI is InChI=1S/C17H28N6O2/c1-5-22(4)16(24)13(3)18-17(25)19-14-7-6-10-23(11-14)15-9-8-12(2)20-21-15/h8-9,13-14H,5-7,10-11H2,1-4H3,(H2,18,19,25)/t13-,14-/m0/s1. The molecule has 2 rings (SSSR count). The Bertz CT molecular complexity index is 591. The van der Waals surface area contributed by atoms with Crippen LogP contribution in [0.1, 0.15) is 32.4 Å². The molecule has 0 saturated carbocycles. The van der Waals surface area contributed by atoms with Crippen LogP contribution in [0.2, 0.25) is 0 Å². The zero-order valence-electron chi connectivity index (χ0n) is 15.5. The minimum Gasteiger partial charge on any atom is -0.353 e. The van der Waals surface area contributed by atoms with Gasteiger partial charge in [0, 0.05) is 32.7 Å². The van der Waals surface area contributed by atoms with E-state index in [1.54, 1.807) is 18.9 Å². The normalized spacial score (nSPS) is 18.4. The molecule has 0 unspecified atom stereocenters. The summed E-state index contributed by atoms with van der Waals surface area (Å²) in [6.45, 7) is 7.69. The number of aryl methyl sites for hydroxylation is 1. The first kappa shape index (κ1) is 19.0. The number of amides is 3. The van der Waals surface area contributed by atoms with Crippen molar-refractivity contribution in [3.05, 3.63) is 17.8 Å². The average Bonchev–Trinajstić information content (AvgIpc) is 2.61. The quantitative estimate of drug-likeness (QED) is 0.826. The van der Waals surface area contributed by atoms with Crippen molar-refractivity contribution in [3.8, 4) is 0 Å². The first-order valence-corrected chi connectivity index (χ1v) is 8.78. The molecule has 0 radical (unpaired) electrons. The number of hydrogen-bond donors (Lipinski definition) is 2. The molecule has 0 aliphatic carbocycles. The first-order valence-electron chi connectivity index (χ1n) is 8.78. The Hall–Kier alpha value is -2.38. The van der Waals surface area contributed by atoms with Gasteiger partial charge in [0.1, 0.15) is 6.04 Å². The maximum absolute atomic E-state index is 12.2. The Morgan fingerprint density at radius 1 is 1.40 bits per heavy atom. The van der Waals surface area contributed by atoms with E-state index in [2.05, 4.69) is 25.7 Å². The van der Waals surface area contributed by atoms with Crippen LogP contribution in [-0.4, -0.2) is 65.8 Å². The number of nitrogens with one attached hydrogen (secondary N) is 2. The monoisotopic (exact) mass is 348 g/mol. The second kappa shape index (κ2) is 8.64. The molecule has 0 aromatic carbocycles. The highest BCUT2D eigenvalue weighted by atomic mass is 16.2. The average molecular weight is 348 g/mol. The molecule has 0 bridgehead atoms. The Morgan fingerprint density at radius 3 is 2.80 bits per heavy atom. The number of piperidine rings is 1. The van der Waals surface area contributed by atoms with Crippen molar-refractivity contribution < 1.29 is 9.59 Å². The van der Waals surface area contributed by atoms with Crippen LogP contribution in [0.3, 0.4) is 0 Å². The molecule has 1 aliphatic heterocycles. The van der Waals surface area contributed by atoms with Gasteiger partial charge in [-0.2, -0.15) is 5.10 Å². The van der Waals surface area contributed by atoms with Gasteiger partial charge in [0.25, 0.3) is 0 Å². The third-order valence-electron chi connectivity index (χ3n) is 4.43. The van der Waals surface area contributed by atoms with E-state index in [-0.39, 0.29) is 18.0 Å². The summed E-state index contributed by atoms with van der Waals surface area (Å²) in [4.78, 5) is 27.9. The van der Waals surface area contributed by atoms with E-state index in [4.69, 9.17) is 0 Å². The fraction of sp³-hybridized carbons (Fsp3) is 0.647. The number of aromatic nitrogens is 2. The summed E-state index contributed by atoms with van der Waals surface area (Å²) in [7, 11) is 1.72. The SMILES string of the molecule is CCN(C)C(=O)[C@H](C)NC(=O)N[C@H]1CCCN(c2ccc(C)nn2)C1. The third-order valence-corrected chi connectivity index (χ3v) is 4.43. The Morgan fingerprint density at radius 2 is 2.16 bits per heavy atom. The van der Waals surface area contributed by atoms with Gasteiger partial charge >= 0.3 is 6.03 Å². The summed E-state index contributed by atoms with van der Waals surface area (Å²) in [5, 5.41) is 14.0. The number of hydrogen-bond acceptors (Lipinski definition) is 5. The van der Waals surface area contributed by atoms with E-state index in [1.165, 1.54) is 0 Å². The highest BCUT2D eigenvalue weighted by molar-refractivity contribution is 5.86. The van der Waals surface area contributed by atoms with Gasteiger partial charge in [0.05, 0.1) is 5.69 Å². The fourth-order valence-corrected chi connectivity index (χ4v) is 2.84. The van der Waals surface area contributed by atoms with E-state index in [0.29, 0.717) is 13.1 Å². The molecule has 8 nitrogen and oxygen atoms in total. The lowest BCUT2D eigenvalue weighted by Crippen LogP contribution is -2.54. The van der Waals surface area contributed by atoms with Crippen molar-refractivity contribution in [3.63, 3.8) is 0 Å². The van der Waals surface area contributed by atoms with Crippen LogP contribution < -0.4 is 15.5 Å². The first-order chi connectivity index (χ1) is 11.9. The minimum absolute atomic E-state index is 0.0167. The van der Waals surface area contributed by atoms with Crippen LogP contribution >= 0.6 is 0 Å². The zero-order valence-corrected chi connectivity index (χ0v) is 15.5. The number of carbonyl (C=O) groups is 2. The summed E-state index contributed by atoms with van der Waals surface area (Å²) in [6, 6.07) is 3.04. The van der Waals surface area contributed by atoms with Gasteiger partial charge in [-0.15, -0.1) is 5.10 Å². The van der Waals surface area contributed by atoms with Gasteiger partial charge in [-0.3, -0.25) is 4.79 Å². The molecule has 1 aromatic heterocycles. The zero-order chi connectivity index (χ0) is 18.4. The highest BCUT2D eigenvalue weighted by Gasteiger charge is 2.24. The third kappa shape index (κ3) is 5.30. The van der Waals surface area contributed by atoms with Crippen LogP contribution in [-0.2, 0) is 4.79 Å². The minimum atomic E-state index is -0.549. The molecular weight excluding hydrogens is 320 g/mol. The largest absolute Gasteiger partial charge is 0.353 e. The summed E-state index contributed by atoms with van der Waals surface area (Å²) < 4.78 is 0. The lowest BCUT2D eigenvalue weighted by Gasteiger charge is -2.34. The van der Waals surface area contributed by atoms with Crippen LogP contribution in [0, 0.1) is 6.92 Å². The Balaban J connectivity index is 1.86. The lowest BCUT2D eigenvalue weighted by atomic mass is 10.1. The molecule has 3 amide bonds. The molecule has 2 N–H and O–H groups in total. The molecule has 1 saturated heterocycles.